The normalized spacial score (nSPS) is 12.6. The number of carbonyl (C=O) groups excluding carboxylic acids is 1. The zero-order chi connectivity index (χ0) is 22.4. The van der Waals surface area contributed by atoms with E-state index >= 15 is 0 Å². The number of hydrogen-bond acceptors (Lipinski definition) is 3. The van der Waals surface area contributed by atoms with Crippen LogP contribution in [-0.4, -0.2) is 17.0 Å². The maximum Gasteiger partial charge on any atom is 0.329 e. The highest BCUT2D eigenvalue weighted by Crippen LogP contribution is 2.24. The van der Waals surface area contributed by atoms with Crippen molar-refractivity contribution in [1.29, 1.82) is 0 Å². The van der Waals surface area contributed by atoms with Gasteiger partial charge in [0, 0.05) is 11.9 Å². The molecule has 0 spiro atoms. The molecule has 2 N–H and O–H groups in total. The van der Waals surface area contributed by atoms with Crippen molar-refractivity contribution in [1.82, 2.24) is 4.98 Å². The van der Waals surface area contributed by atoms with Crippen LogP contribution >= 0.6 is 0 Å². The number of hydrogen-bond donors (Lipinski definition) is 2. The molecule has 3 aromatic rings. The Balaban J connectivity index is 1.62. The molecule has 0 amide bonds. The molecule has 164 valence electrons. The highest BCUT2D eigenvalue weighted by Gasteiger charge is 2.24. The molecule has 4 heteroatoms. The average molecular weight is 419 g/mol. The maximum atomic E-state index is 12.9. The lowest BCUT2D eigenvalue weighted by Crippen LogP contribution is -2.36. The predicted octanol–water partition coefficient (Wildman–Crippen LogP) is 6.08. The first kappa shape index (κ1) is 22.7. The van der Waals surface area contributed by atoms with Crippen molar-refractivity contribution in [2.75, 3.05) is 5.32 Å². The number of ether oxygens (including phenoxy) is 1. The summed E-state index contributed by atoms with van der Waals surface area (Å²) in [7, 11) is 0. The van der Waals surface area contributed by atoms with E-state index in [0.717, 1.165) is 23.4 Å². The van der Waals surface area contributed by atoms with E-state index in [-0.39, 0.29) is 23.9 Å². The van der Waals surface area contributed by atoms with Gasteiger partial charge in [-0.15, -0.1) is 0 Å². The van der Waals surface area contributed by atoms with Crippen LogP contribution in [0.5, 0.6) is 0 Å². The molecule has 0 saturated heterocycles. The second kappa shape index (κ2) is 9.86. The maximum absolute atomic E-state index is 12.9. The van der Waals surface area contributed by atoms with Crippen LogP contribution in [0.3, 0.4) is 0 Å². The summed E-state index contributed by atoms with van der Waals surface area (Å²) in [6.45, 7) is 10.9. The Hall–Kier alpha value is -3.01. The minimum absolute atomic E-state index is 0.0993. The van der Waals surface area contributed by atoms with Crippen molar-refractivity contribution in [3.8, 4) is 0 Å². The van der Waals surface area contributed by atoms with Crippen molar-refractivity contribution in [3.63, 3.8) is 0 Å². The number of esters is 1. The van der Waals surface area contributed by atoms with Gasteiger partial charge in [-0.3, -0.25) is 0 Å². The third-order valence-electron chi connectivity index (χ3n) is 5.52. The second-order valence-electron chi connectivity index (χ2n) is 9.44. The minimum Gasteiger partial charge on any atom is -0.458 e. The van der Waals surface area contributed by atoms with E-state index in [9.17, 15) is 4.79 Å². The highest BCUT2D eigenvalue weighted by atomic mass is 16.5. The quantitative estimate of drug-likeness (QED) is 0.436. The number of benzene rings is 2. The van der Waals surface area contributed by atoms with Crippen LogP contribution in [0.2, 0.25) is 0 Å². The SMILES string of the molecule is CC(C)C(Nc1ccc(C(C)(C)C)cc1)C(=O)OCc1[nH]ccc1Cc1ccccc1. The van der Waals surface area contributed by atoms with Crippen LogP contribution in [-0.2, 0) is 28.0 Å². The Morgan fingerprint density at radius 2 is 1.68 bits per heavy atom. The van der Waals surface area contributed by atoms with Gasteiger partial charge in [0.2, 0.25) is 0 Å². The van der Waals surface area contributed by atoms with Crippen molar-refractivity contribution < 1.29 is 9.53 Å². The lowest BCUT2D eigenvalue weighted by Gasteiger charge is -2.23. The standard InChI is InChI=1S/C27H34N2O2/c1-19(2)25(29-23-13-11-22(12-14-23)27(3,4)5)26(30)31-18-24-21(15-16-28-24)17-20-9-7-6-8-10-20/h6-16,19,25,28-29H,17-18H2,1-5H3. The summed E-state index contributed by atoms with van der Waals surface area (Å²) in [5.74, 6) is -0.141. The van der Waals surface area contributed by atoms with Gasteiger partial charge in [-0.25, -0.2) is 4.79 Å². The summed E-state index contributed by atoms with van der Waals surface area (Å²) < 4.78 is 5.71. The van der Waals surface area contributed by atoms with E-state index in [1.807, 2.05) is 56.4 Å². The van der Waals surface area contributed by atoms with Crippen LogP contribution in [0, 0.1) is 5.92 Å². The Kier molecular flexibility index (Phi) is 7.21. The number of aromatic nitrogens is 1. The molecule has 0 aliphatic rings. The monoisotopic (exact) mass is 418 g/mol. The Labute approximate surface area is 186 Å². The fraction of sp³-hybridized carbons (Fsp3) is 0.370. The molecule has 0 aliphatic heterocycles. The Morgan fingerprint density at radius 3 is 2.29 bits per heavy atom. The van der Waals surface area contributed by atoms with Crippen LogP contribution in [0.15, 0.2) is 66.9 Å². The van der Waals surface area contributed by atoms with E-state index < -0.39 is 6.04 Å². The van der Waals surface area contributed by atoms with E-state index in [2.05, 4.69) is 55.3 Å². The smallest absolute Gasteiger partial charge is 0.329 e. The van der Waals surface area contributed by atoms with Crippen LogP contribution < -0.4 is 5.32 Å². The average Bonchev–Trinajstić information content (AvgIpc) is 3.17. The molecule has 0 saturated carbocycles. The lowest BCUT2D eigenvalue weighted by molar-refractivity contribution is -0.147. The molecule has 1 heterocycles. The molecule has 31 heavy (non-hydrogen) atoms. The molecule has 3 rings (SSSR count). The van der Waals surface area contributed by atoms with Gasteiger partial charge in [-0.05, 0) is 52.6 Å². The first-order valence-corrected chi connectivity index (χ1v) is 11.0. The molecule has 4 nitrogen and oxygen atoms in total. The Bertz CT molecular complexity index is 966. The highest BCUT2D eigenvalue weighted by molar-refractivity contribution is 5.79. The number of anilines is 1. The largest absolute Gasteiger partial charge is 0.458 e. The van der Waals surface area contributed by atoms with Gasteiger partial charge in [-0.2, -0.15) is 0 Å². The first-order chi connectivity index (χ1) is 14.7. The topological polar surface area (TPSA) is 54.1 Å². The third kappa shape index (κ3) is 6.24. The fourth-order valence-corrected chi connectivity index (χ4v) is 3.53. The van der Waals surface area contributed by atoms with Crippen molar-refractivity contribution in [2.24, 2.45) is 5.92 Å². The molecular formula is C27H34N2O2. The van der Waals surface area contributed by atoms with Gasteiger partial charge in [0.25, 0.3) is 0 Å². The number of rotatable bonds is 8. The Morgan fingerprint density at radius 1 is 1.00 bits per heavy atom. The van der Waals surface area contributed by atoms with Gasteiger partial charge in [-0.1, -0.05) is 77.1 Å². The van der Waals surface area contributed by atoms with E-state index in [1.54, 1.807) is 0 Å². The summed E-state index contributed by atoms with van der Waals surface area (Å²) in [5.41, 5.74) is 5.60. The van der Waals surface area contributed by atoms with Crippen molar-refractivity contribution >= 4 is 11.7 Å². The summed E-state index contributed by atoms with van der Waals surface area (Å²) in [4.78, 5) is 16.1. The van der Waals surface area contributed by atoms with Crippen molar-refractivity contribution in [2.45, 2.75) is 59.1 Å². The molecular weight excluding hydrogens is 384 g/mol. The van der Waals surface area contributed by atoms with E-state index in [1.165, 1.54) is 11.1 Å². The predicted molar refractivity (Wildman–Crippen MR) is 127 cm³/mol. The lowest BCUT2D eigenvalue weighted by atomic mass is 9.87. The number of aromatic amines is 1. The summed E-state index contributed by atoms with van der Waals surface area (Å²) in [6, 6.07) is 20.2. The van der Waals surface area contributed by atoms with Gasteiger partial charge in [0.05, 0.1) is 5.69 Å². The van der Waals surface area contributed by atoms with Gasteiger partial charge >= 0.3 is 5.97 Å². The second-order valence-corrected chi connectivity index (χ2v) is 9.44. The van der Waals surface area contributed by atoms with Crippen molar-refractivity contribution in [3.05, 3.63) is 89.2 Å². The third-order valence-corrected chi connectivity index (χ3v) is 5.52. The zero-order valence-electron chi connectivity index (χ0n) is 19.2. The molecule has 2 aromatic carbocycles. The molecule has 1 unspecified atom stereocenters. The van der Waals surface area contributed by atoms with Crippen LogP contribution in [0.25, 0.3) is 0 Å². The number of carbonyl (C=O) groups is 1. The zero-order valence-corrected chi connectivity index (χ0v) is 19.2. The molecule has 0 fully saturated rings. The van der Waals surface area contributed by atoms with Crippen LogP contribution in [0.1, 0.15) is 57.0 Å². The fourth-order valence-electron chi connectivity index (χ4n) is 3.53. The molecule has 1 atom stereocenters. The number of H-pyrrole nitrogens is 1. The summed E-state index contributed by atoms with van der Waals surface area (Å²) >= 11 is 0. The summed E-state index contributed by atoms with van der Waals surface area (Å²) in [6.07, 6.45) is 2.71. The summed E-state index contributed by atoms with van der Waals surface area (Å²) in [5, 5.41) is 3.36. The first-order valence-electron chi connectivity index (χ1n) is 11.0. The van der Waals surface area contributed by atoms with E-state index in [4.69, 9.17) is 4.74 Å². The number of nitrogens with one attached hydrogen (secondary N) is 2. The van der Waals surface area contributed by atoms with Gasteiger partial charge in [0.1, 0.15) is 12.6 Å². The van der Waals surface area contributed by atoms with Crippen LogP contribution in [0.4, 0.5) is 5.69 Å². The molecule has 0 radical (unpaired) electrons. The van der Waals surface area contributed by atoms with Gasteiger partial charge < -0.3 is 15.0 Å². The van der Waals surface area contributed by atoms with Gasteiger partial charge in [0.15, 0.2) is 0 Å². The minimum atomic E-state index is -0.409. The molecule has 1 aromatic heterocycles. The van der Waals surface area contributed by atoms with E-state index in [0.29, 0.717) is 0 Å². The molecule has 0 aliphatic carbocycles. The molecule has 0 bridgehead atoms.